The van der Waals surface area contributed by atoms with Crippen molar-refractivity contribution in [2.24, 2.45) is 5.92 Å². The van der Waals surface area contributed by atoms with Crippen LogP contribution in [0.5, 0.6) is 0 Å². The molecule has 0 saturated carbocycles. The Morgan fingerprint density at radius 3 is 2.83 bits per heavy atom. The Balaban J connectivity index is 1.55. The Hall–Kier alpha value is -1.97. The lowest BCUT2D eigenvalue weighted by atomic mass is 9.94. The van der Waals surface area contributed by atoms with Gasteiger partial charge >= 0.3 is 0 Å². The average Bonchev–Trinajstić information content (AvgIpc) is 2.97. The third-order valence-electron chi connectivity index (χ3n) is 4.82. The van der Waals surface area contributed by atoms with Crippen molar-refractivity contribution in [3.63, 3.8) is 0 Å². The topological polar surface area (TPSA) is 28.2 Å². The van der Waals surface area contributed by atoms with Crippen LogP contribution in [0.15, 0.2) is 60.4 Å². The molecule has 3 rings (SSSR count). The van der Waals surface area contributed by atoms with Crippen molar-refractivity contribution in [2.75, 3.05) is 26.7 Å². The third-order valence-corrected chi connectivity index (χ3v) is 4.82. The smallest absolute Gasteiger partial charge is 0.0401 e. The minimum atomic E-state index is 0.476. The van der Waals surface area contributed by atoms with E-state index in [1.165, 1.54) is 23.1 Å². The molecule has 0 radical (unpaired) electrons. The normalized spacial score (nSPS) is 22.0. The van der Waals surface area contributed by atoms with Crippen LogP contribution >= 0.6 is 0 Å². The van der Waals surface area contributed by atoms with Gasteiger partial charge in [0.2, 0.25) is 0 Å². The predicted molar refractivity (Wildman–Crippen MR) is 101 cm³/mol. The van der Waals surface area contributed by atoms with Gasteiger partial charge in [-0.1, -0.05) is 48.0 Å². The summed E-state index contributed by atoms with van der Waals surface area (Å²) in [4.78, 5) is 6.75. The first kappa shape index (κ1) is 16.9. The van der Waals surface area contributed by atoms with Gasteiger partial charge in [-0.05, 0) is 50.0 Å². The van der Waals surface area contributed by atoms with E-state index >= 15 is 0 Å². The molecular weight excluding hydrogens is 294 g/mol. The number of rotatable bonds is 6. The van der Waals surface area contributed by atoms with E-state index in [2.05, 4.69) is 71.6 Å². The van der Waals surface area contributed by atoms with Crippen LogP contribution in [-0.2, 0) is 0 Å². The van der Waals surface area contributed by atoms with Crippen molar-refractivity contribution in [1.82, 2.24) is 15.2 Å². The van der Waals surface area contributed by atoms with Crippen molar-refractivity contribution in [2.45, 2.75) is 19.4 Å². The summed E-state index contributed by atoms with van der Waals surface area (Å²) in [6, 6.07) is 15.2. The lowest BCUT2D eigenvalue weighted by Crippen LogP contribution is -2.29. The zero-order valence-corrected chi connectivity index (χ0v) is 14.7. The van der Waals surface area contributed by atoms with Gasteiger partial charge in [0, 0.05) is 31.5 Å². The molecule has 1 aromatic carbocycles. The van der Waals surface area contributed by atoms with Crippen LogP contribution in [0.3, 0.4) is 0 Å². The van der Waals surface area contributed by atoms with Gasteiger partial charge in [-0.2, -0.15) is 0 Å². The van der Waals surface area contributed by atoms with E-state index in [1.54, 1.807) is 0 Å². The maximum atomic E-state index is 4.30. The van der Waals surface area contributed by atoms with Crippen LogP contribution in [0.2, 0.25) is 0 Å². The summed E-state index contributed by atoms with van der Waals surface area (Å²) in [5, 5.41) is 3.65. The first-order valence-corrected chi connectivity index (χ1v) is 8.77. The van der Waals surface area contributed by atoms with E-state index in [-0.39, 0.29) is 0 Å². The summed E-state index contributed by atoms with van der Waals surface area (Å²) >= 11 is 0. The lowest BCUT2D eigenvalue weighted by molar-refractivity contribution is 0.272. The van der Waals surface area contributed by atoms with Gasteiger partial charge in [-0.3, -0.25) is 9.88 Å². The first-order chi connectivity index (χ1) is 11.7. The molecule has 24 heavy (non-hydrogen) atoms. The number of benzene rings is 1. The Bertz CT molecular complexity index is 651. The summed E-state index contributed by atoms with van der Waals surface area (Å²) in [6.07, 6.45) is 7.36. The fourth-order valence-corrected chi connectivity index (χ4v) is 3.66. The fourth-order valence-electron chi connectivity index (χ4n) is 3.66. The molecule has 3 heteroatoms. The highest BCUT2D eigenvalue weighted by Crippen LogP contribution is 2.35. The van der Waals surface area contributed by atoms with Gasteiger partial charge in [-0.15, -0.1) is 0 Å². The zero-order valence-electron chi connectivity index (χ0n) is 14.7. The molecule has 0 spiro atoms. The summed E-state index contributed by atoms with van der Waals surface area (Å²) in [5.74, 6) is 0.642. The van der Waals surface area contributed by atoms with E-state index in [1.807, 2.05) is 18.5 Å². The molecule has 3 nitrogen and oxygen atoms in total. The van der Waals surface area contributed by atoms with Gasteiger partial charge in [0.05, 0.1) is 0 Å². The molecule has 1 N–H and O–H groups in total. The Labute approximate surface area is 145 Å². The Kier molecular flexibility index (Phi) is 5.78. The predicted octanol–water partition coefficient (Wildman–Crippen LogP) is 3.77. The van der Waals surface area contributed by atoms with E-state index < -0.39 is 0 Å². The summed E-state index contributed by atoms with van der Waals surface area (Å²) in [6.45, 7) is 5.34. The van der Waals surface area contributed by atoms with E-state index in [0.29, 0.717) is 12.0 Å². The van der Waals surface area contributed by atoms with Gasteiger partial charge in [-0.25, -0.2) is 0 Å². The van der Waals surface area contributed by atoms with Crippen LogP contribution in [0.25, 0.3) is 6.08 Å². The van der Waals surface area contributed by atoms with Crippen LogP contribution in [0.1, 0.15) is 30.5 Å². The number of pyridine rings is 1. The monoisotopic (exact) mass is 321 g/mol. The summed E-state index contributed by atoms with van der Waals surface area (Å²) in [7, 11) is 2.22. The first-order valence-electron chi connectivity index (χ1n) is 8.77. The molecular formula is C21H27N3. The minimum Gasteiger partial charge on any atom is -0.313 e. The SMILES string of the molecule is C/C(=C\c1ccccc1)CNC[C@@H]1CCN(C)[C@H]1c1cccnc1. The van der Waals surface area contributed by atoms with Gasteiger partial charge < -0.3 is 5.32 Å². The number of likely N-dealkylation sites (tertiary alicyclic amines) is 1. The largest absolute Gasteiger partial charge is 0.313 e. The van der Waals surface area contributed by atoms with Crippen molar-refractivity contribution < 1.29 is 0 Å². The minimum absolute atomic E-state index is 0.476. The average molecular weight is 321 g/mol. The molecule has 1 saturated heterocycles. The Morgan fingerprint density at radius 1 is 1.25 bits per heavy atom. The molecule has 2 heterocycles. The highest BCUT2D eigenvalue weighted by atomic mass is 15.2. The van der Waals surface area contributed by atoms with Gasteiger partial charge in [0.15, 0.2) is 0 Å². The molecule has 1 aromatic heterocycles. The number of aromatic nitrogens is 1. The Morgan fingerprint density at radius 2 is 2.08 bits per heavy atom. The van der Waals surface area contributed by atoms with E-state index in [4.69, 9.17) is 0 Å². The van der Waals surface area contributed by atoms with Crippen LogP contribution in [0.4, 0.5) is 0 Å². The van der Waals surface area contributed by atoms with Crippen LogP contribution in [0, 0.1) is 5.92 Å². The van der Waals surface area contributed by atoms with Crippen LogP contribution < -0.4 is 5.32 Å². The molecule has 2 atom stereocenters. The summed E-state index contributed by atoms with van der Waals surface area (Å²) < 4.78 is 0. The molecule has 0 amide bonds. The van der Waals surface area contributed by atoms with Crippen molar-refractivity contribution in [3.05, 3.63) is 71.6 Å². The van der Waals surface area contributed by atoms with Crippen molar-refractivity contribution in [1.29, 1.82) is 0 Å². The lowest BCUT2D eigenvalue weighted by Gasteiger charge is -2.25. The molecule has 0 aliphatic carbocycles. The molecule has 1 aliphatic rings. The second-order valence-electron chi connectivity index (χ2n) is 6.79. The maximum absolute atomic E-state index is 4.30. The third kappa shape index (κ3) is 4.31. The van der Waals surface area contributed by atoms with E-state index in [0.717, 1.165) is 19.6 Å². The quantitative estimate of drug-likeness (QED) is 0.878. The second-order valence-corrected chi connectivity index (χ2v) is 6.79. The molecule has 0 bridgehead atoms. The number of nitrogens with one attached hydrogen (secondary N) is 1. The van der Waals surface area contributed by atoms with E-state index in [9.17, 15) is 0 Å². The molecule has 1 fully saturated rings. The van der Waals surface area contributed by atoms with Crippen molar-refractivity contribution >= 4 is 6.08 Å². The second kappa shape index (κ2) is 8.22. The molecule has 126 valence electrons. The number of nitrogens with zero attached hydrogens (tertiary/aromatic N) is 2. The molecule has 2 aromatic rings. The highest BCUT2D eigenvalue weighted by Gasteiger charge is 2.32. The maximum Gasteiger partial charge on any atom is 0.0401 e. The van der Waals surface area contributed by atoms with Crippen molar-refractivity contribution in [3.8, 4) is 0 Å². The van der Waals surface area contributed by atoms with Crippen LogP contribution in [-0.4, -0.2) is 36.6 Å². The molecule has 1 aliphatic heterocycles. The van der Waals surface area contributed by atoms with Gasteiger partial charge in [0.1, 0.15) is 0 Å². The fraction of sp³-hybridized carbons (Fsp3) is 0.381. The standard InChI is InChI=1S/C21H27N3/c1-17(13-18-7-4-3-5-8-18)14-23-16-20-10-12-24(2)21(20)19-9-6-11-22-15-19/h3-9,11,13,15,20-21,23H,10,12,14,16H2,1-2H3/b17-13+/t20-,21-/m0/s1. The number of hydrogen-bond acceptors (Lipinski definition) is 3. The molecule has 0 unspecified atom stereocenters. The zero-order chi connectivity index (χ0) is 16.8. The van der Waals surface area contributed by atoms with Gasteiger partial charge in [0.25, 0.3) is 0 Å². The summed E-state index contributed by atoms with van der Waals surface area (Å²) in [5.41, 5.74) is 3.97. The number of hydrogen-bond donors (Lipinski definition) is 1. The highest BCUT2D eigenvalue weighted by molar-refractivity contribution is 5.52.